The topological polar surface area (TPSA) is 28.2 Å². The largest absolute Gasteiger partial charge is 0.369 e. The van der Waals surface area contributed by atoms with E-state index < -0.39 is 0 Å². The van der Waals surface area contributed by atoms with Crippen LogP contribution in [0.25, 0.3) is 0 Å². The van der Waals surface area contributed by atoms with Gasteiger partial charge in [-0.3, -0.25) is 4.98 Å². The standard InChI is InChI=1S/C15H18FN3/c1-17-10-13-4-3-5-14(18-13)11-19(2)15-8-6-12(16)7-9-15/h3-9,17H,10-11H2,1-2H3. The Morgan fingerprint density at radius 1 is 1.11 bits per heavy atom. The molecule has 1 aromatic heterocycles. The Hall–Kier alpha value is -1.94. The molecular formula is C15H18FN3. The van der Waals surface area contributed by atoms with Gasteiger partial charge in [-0.1, -0.05) is 6.07 Å². The van der Waals surface area contributed by atoms with Gasteiger partial charge in [-0.05, 0) is 43.4 Å². The molecule has 0 radical (unpaired) electrons. The van der Waals surface area contributed by atoms with Crippen molar-refractivity contribution in [2.75, 3.05) is 19.0 Å². The van der Waals surface area contributed by atoms with E-state index in [9.17, 15) is 4.39 Å². The van der Waals surface area contributed by atoms with Gasteiger partial charge in [0.15, 0.2) is 0 Å². The highest BCUT2D eigenvalue weighted by molar-refractivity contribution is 5.45. The smallest absolute Gasteiger partial charge is 0.123 e. The molecule has 1 heterocycles. The lowest BCUT2D eigenvalue weighted by molar-refractivity contribution is 0.627. The predicted molar refractivity (Wildman–Crippen MR) is 75.5 cm³/mol. The fourth-order valence-corrected chi connectivity index (χ4v) is 1.93. The van der Waals surface area contributed by atoms with Gasteiger partial charge in [0.1, 0.15) is 5.82 Å². The highest BCUT2D eigenvalue weighted by Crippen LogP contribution is 2.15. The summed E-state index contributed by atoms with van der Waals surface area (Å²) in [5.74, 6) is -0.216. The maximum atomic E-state index is 12.9. The first-order chi connectivity index (χ1) is 9.19. The molecule has 4 heteroatoms. The second-order valence-corrected chi connectivity index (χ2v) is 4.48. The maximum absolute atomic E-state index is 12.9. The normalized spacial score (nSPS) is 10.5. The summed E-state index contributed by atoms with van der Waals surface area (Å²) in [6.07, 6.45) is 0. The van der Waals surface area contributed by atoms with Gasteiger partial charge in [0.25, 0.3) is 0 Å². The van der Waals surface area contributed by atoms with Gasteiger partial charge in [-0.2, -0.15) is 0 Å². The van der Waals surface area contributed by atoms with Gasteiger partial charge < -0.3 is 10.2 Å². The first kappa shape index (κ1) is 13.5. The summed E-state index contributed by atoms with van der Waals surface area (Å²) in [5.41, 5.74) is 2.99. The molecule has 0 amide bonds. The van der Waals surface area contributed by atoms with E-state index in [0.29, 0.717) is 6.54 Å². The van der Waals surface area contributed by atoms with E-state index >= 15 is 0 Å². The number of aromatic nitrogens is 1. The van der Waals surface area contributed by atoms with Crippen molar-refractivity contribution >= 4 is 5.69 Å². The molecule has 2 rings (SSSR count). The molecule has 1 aromatic carbocycles. The van der Waals surface area contributed by atoms with Gasteiger partial charge in [0.2, 0.25) is 0 Å². The first-order valence-electron chi connectivity index (χ1n) is 6.25. The number of nitrogens with one attached hydrogen (secondary N) is 1. The molecule has 0 unspecified atom stereocenters. The van der Waals surface area contributed by atoms with Crippen LogP contribution in [0.1, 0.15) is 11.4 Å². The molecule has 0 bridgehead atoms. The van der Waals surface area contributed by atoms with E-state index in [1.54, 1.807) is 12.1 Å². The minimum atomic E-state index is -0.216. The molecule has 0 aliphatic rings. The van der Waals surface area contributed by atoms with E-state index in [1.807, 2.05) is 37.2 Å². The van der Waals surface area contributed by atoms with Crippen LogP contribution in [0.2, 0.25) is 0 Å². The Balaban J connectivity index is 2.07. The summed E-state index contributed by atoms with van der Waals surface area (Å²) < 4.78 is 12.9. The predicted octanol–water partition coefficient (Wildman–Crippen LogP) is 2.58. The number of anilines is 1. The minimum Gasteiger partial charge on any atom is -0.369 e. The third-order valence-corrected chi connectivity index (χ3v) is 2.89. The van der Waals surface area contributed by atoms with E-state index in [0.717, 1.165) is 23.6 Å². The number of rotatable bonds is 5. The van der Waals surface area contributed by atoms with Crippen LogP contribution in [0.4, 0.5) is 10.1 Å². The fourth-order valence-electron chi connectivity index (χ4n) is 1.93. The maximum Gasteiger partial charge on any atom is 0.123 e. The van der Waals surface area contributed by atoms with Crippen molar-refractivity contribution in [1.82, 2.24) is 10.3 Å². The zero-order valence-corrected chi connectivity index (χ0v) is 11.2. The van der Waals surface area contributed by atoms with Gasteiger partial charge in [0, 0.05) is 19.3 Å². The summed E-state index contributed by atoms with van der Waals surface area (Å²) in [5, 5.41) is 3.08. The van der Waals surface area contributed by atoms with Crippen molar-refractivity contribution in [3.63, 3.8) is 0 Å². The second kappa shape index (κ2) is 6.29. The molecular weight excluding hydrogens is 241 g/mol. The van der Waals surface area contributed by atoms with Crippen LogP contribution >= 0.6 is 0 Å². The van der Waals surface area contributed by atoms with Crippen LogP contribution in [0, 0.1) is 5.82 Å². The molecule has 0 aliphatic carbocycles. The van der Waals surface area contributed by atoms with E-state index in [-0.39, 0.29) is 5.82 Å². The molecule has 0 atom stereocenters. The van der Waals surface area contributed by atoms with Crippen molar-refractivity contribution in [2.45, 2.75) is 13.1 Å². The van der Waals surface area contributed by atoms with Gasteiger partial charge in [-0.25, -0.2) is 4.39 Å². The van der Waals surface area contributed by atoms with Crippen LogP contribution in [-0.2, 0) is 13.1 Å². The minimum absolute atomic E-state index is 0.216. The summed E-state index contributed by atoms with van der Waals surface area (Å²) in [7, 11) is 3.87. The highest BCUT2D eigenvalue weighted by Gasteiger charge is 2.04. The molecule has 1 N–H and O–H groups in total. The number of pyridine rings is 1. The van der Waals surface area contributed by atoms with Crippen LogP contribution in [0.3, 0.4) is 0 Å². The molecule has 0 saturated heterocycles. The average Bonchev–Trinajstić information content (AvgIpc) is 2.40. The lowest BCUT2D eigenvalue weighted by Crippen LogP contribution is -2.18. The monoisotopic (exact) mass is 259 g/mol. The molecule has 0 saturated carbocycles. The van der Waals surface area contributed by atoms with E-state index in [2.05, 4.69) is 10.3 Å². The Labute approximate surface area is 113 Å². The van der Waals surface area contributed by atoms with Crippen LogP contribution in [0.5, 0.6) is 0 Å². The van der Waals surface area contributed by atoms with Crippen LogP contribution in [-0.4, -0.2) is 19.1 Å². The summed E-state index contributed by atoms with van der Waals surface area (Å²) in [6.45, 7) is 1.46. The highest BCUT2D eigenvalue weighted by atomic mass is 19.1. The third kappa shape index (κ3) is 3.76. The Morgan fingerprint density at radius 2 is 1.79 bits per heavy atom. The number of benzene rings is 1. The van der Waals surface area contributed by atoms with E-state index in [1.165, 1.54) is 12.1 Å². The zero-order valence-electron chi connectivity index (χ0n) is 11.2. The summed E-state index contributed by atoms with van der Waals surface area (Å²) in [4.78, 5) is 6.61. The Bertz CT molecular complexity index is 525. The lowest BCUT2D eigenvalue weighted by atomic mass is 10.2. The second-order valence-electron chi connectivity index (χ2n) is 4.48. The molecule has 100 valence electrons. The van der Waals surface area contributed by atoms with Gasteiger partial charge in [-0.15, -0.1) is 0 Å². The number of hydrogen-bond acceptors (Lipinski definition) is 3. The van der Waals surface area contributed by atoms with Gasteiger partial charge in [0.05, 0.1) is 17.9 Å². The van der Waals surface area contributed by atoms with Crippen molar-refractivity contribution in [1.29, 1.82) is 0 Å². The van der Waals surface area contributed by atoms with Crippen molar-refractivity contribution < 1.29 is 4.39 Å². The Kier molecular flexibility index (Phi) is 4.47. The van der Waals surface area contributed by atoms with Gasteiger partial charge >= 0.3 is 0 Å². The lowest BCUT2D eigenvalue weighted by Gasteiger charge is -2.19. The fraction of sp³-hybridized carbons (Fsp3) is 0.267. The van der Waals surface area contributed by atoms with Crippen LogP contribution in [0.15, 0.2) is 42.5 Å². The average molecular weight is 259 g/mol. The summed E-state index contributed by atoms with van der Waals surface area (Å²) in [6, 6.07) is 12.5. The van der Waals surface area contributed by atoms with Crippen molar-refractivity contribution in [3.8, 4) is 0 Å². The molecule has 0 aliphatic heterocycles. The molecule has 2 aromatic rings. The van der Waals surface area contributed by atoms with Crippen LogP contribution < -0.4 is 10.2 Å². The molecule has 3 nitrogen and oxygen atoms in total. The quantitative estimate of drug-likeness (QED) is 0.894. The number of hydrogen-bond donors (Lipinski definition) is 1. The number of halogens is 1. The summed E-state index contributed by atoms with van der Waals surface area (Å²) >= 11 is 0. The van der Waals surface area contributed by atoms with E-state index in [4.69, 9.17) is 0 Å². The third-order valence-electron chi connectivity index (χ3n) is 2.89. The molecule has 0 spiro atoms. The van der Waals surface area contributed by atoms with Crippen molar-refractivity contribution in [2.24, 2.45) is 0 Å². The molecule has 0 fully saturated rings. The first-order valence-corrected chi connectivity index (χ1v) is 6.25. The number of nitrogens with zero attached hydrogens (tertiary/aromatic N) is 2. The van der Waals surface area contributed by atoms with Crippen molar-refractivity contribution in [3.05, 3.63) is 59.7 Å². The zero-order chi connectivity index (χ0) is 13.7. The SMILES string of the molecule is CNCc1cccc(CN(C)c2ccc(F)cc2)n1. The molecule has 19 heavy (non-hydrogen) atoms. The Morgan fingerprint density at radius 3 is 2.47 bits per heavy atom.